The van der Waals surface area contributed by atoms with Crippen LogP contribution >= 0.6 is 0 Å². The normalized spacial score (nSPS) is 10.4. The lowest BCUT2D eigenvalue weighted by molar-refractivity contribution is 0.483. The first-order chi connectivity index (χ1) is 28.0. The van der Waals surface area contributed by atoms with Crippen LogP contribution in [0.2, 0.25) is 0 Å². The van der Waals surface area contributed by atoms with Crippen LogP contribution in [0.4, 0.5) is 45.5 Å². The van der Waals surface area contributed by atoms with Crippen LogP contribution in [0.15, 0.2) is 170 Å². The van der Waals surface area contributed by atoms with Gasteiger partial charge in [-0.2, -0.15) is 0 Å². The predicted molar refractivity (Wildman–Crippen MR) is 247 cm³/mol. The molecule has 11 nitrogen and oxygen atoms in total. The number of benzene rings is 8. The second kappa shape index (κ2) is 17.7. The first-order valence-electron chi connectivity index (χ1n) is 18.4. The van der Waals surface area contributed by atoms with Crippen LogP contribution in [0.5, 0.6) is 23.0 Å². The Balaban J connectivity index is 0.000000195. The zero-order valence-electron chi connectivity index (χ0n) is 32.1. The van der Waals surface area contributed by atoms with Gasteiger partial charge in [0.1, 0.15) is 23.0 Å². The van der Waals surface area contributed by atoms with Gasteiger partial charge in [0, 0.05) is 67.8 Å². The number of nitrogens with two attached hydrogens (primary N) is 8. The van der Waals surface area contributed by atoms with Crippen molar-refractivity contribution >= 4 is 45.5 Å². The topological polar surface area (TPSA) is 258 Å². The Morgan fingerprint density at radius 3 is 0.610 bits per heavy atom. The van der Waals surface area contributed by atoms with E-state index in [1.54, 1.807) is 0 Å². The van der Waals surface area contributed by atoms with Gasteiger partial charge < -0.3 is 60.8 Å². The van der Waals surface area contributed by atoms with E-state index in [-0.39, 0.29) is 5.48 Å². The van der Waals surface area contributed by atoms with Gasteiger partial charge in [-0.1, -0.05) is 48.5 Å². The van der Waals surface area contributed by atoms with Gasteiger partial charge in [-0.25, -0.2) is 0 Å². The van der Waals surface area contributed by atoms with E-state index in [0.717, 1.165) is 44.5 Å². The minimum atomic E-state index is 0. The number of hydrogen-bond donors (Lipinski definition) is 8. The van der Waals surface area contributed by atoms with Crippen molar-refractivity contribution in [3.05, 3.63) is 170 Å². The summed E-state index contributed by atoms with van der Waals surface area (Å²) < 4.78 is 12.2. The van der Waals surface area contributed by atoms with E-state index in [1.807, 2.05) is 170 Å². The summed E-state index contributed by atoms with van der Waals surface area (Å²) in [7, 11) is 0. The maximum absolute atomic E-state index is 6.17. The Bertz CT molecular complexity index is 2310. The molecule has 0 aliphatic carbocycles. The highest BCUT2D eigenvalue weighted by Gasteiger charge is 2.11. The van der Waals surface area contributed by atoms with Crippen molar-refractivity contribution < 1.29 is 14.9 Å². The molecule has 59 heavy (non-hydrogen) atoms. The van der Waals surface area contributed by atoms with Crippen LogP contribution in [0, 0.1) is 0 Å². The zero-order valence-corrected chi connectivity index (χ0v) is 32.1. The van der Waals surface area contributed by atoms with E-state index in [1.165, 1.54) is 0 Å². The van der Waals surface area contributed by atoms with Crippen molar-refractivity contribution in [1.29, 1.82) is 0 Å². The molecule has 0 atom stereocenters. The quantitative estimate of drug-likeness (QED) is 0.0677. The Hall–Kier alpha value is -8.28. The molecule has 0 aromatic heterocycles. The third-order valence-corrected chi connectivity index (χ3v) is 9.46. The largest absolute Gasteiger partial charge is 0.457 e. The molecule has 8 aromatic rings. The van der Waals surface area contributed by atoms with Crippen molar-refractivity contribution in [3.8, 4) is 67.5 Å². The molecule has 0 unspecified atom stereocenters. The van der Waals surface area contributed by atoms with Crippen LogP contribution in [-0.4, -0.2) is 5.48 Å². The Morgan fingerprint density at radius 2 is 0.424 bits per heavy atom. The minimum absolute atomic E-state index is 0. The number of rotatable bonds is 8. The molecule has 0 amide bonds. The molecule has 0 bridgehead atoms. The molecule has 0 aliphatic rings. The lowest BCUT2D eigenvalue weighted by Crippen LogP contribution is -1.94. The molecule has 0 aliphatic heterocycles. The smallest absolute Gasteiger partial charge is 0.128 e. The molecule has 0 saturated heterocycles. The van der Waals surface area contributed by atoms with Gasteiger partial charge in [0.25, 0.3) is 0 Å². The molecule has 0 saturated carbocycles. The van der Waals surface area contributed by atoms with Gasteiger partial charge >= 0.3 is 0 Å². The van der Waals surface area contributed by atoms with E-state index in [2.05, 4.69) is 0 Å². The highest BCUT2D eigenvalue weighted by Crippen LogP contribution is 2.37. The number of ether oxygens (including phenoxy) is 2. The fourth-order valence-corrected chi connectivity index (χ4v) is 6.32. The van der Waals surface area contributed by atoms with Crippen LogP contribution < -0.4 is 55.3 Å². The summed E-state index contributed by atoms with van der Waals surface area (Å²) in [5, 5.41) is 0. The van der Waals surface area contributed by atoms with Gasteiger partial charge in [-0.05, 0) is 144 Å². The number of nitrogen functional groups attached to an aromatic ring is 8. The van der Waals surface area contributed by atoms with Gasteiger partial charge in [-0.15, -0.1) is 0 Å². The number of hydrogen-bond acceptors (Lipinski definition) is 10. The first kappa shape index (κ1) is 40.4. The molecule has 0 radical (unpaired) electrons. The summed E-state index contributed by atoms with van der Waals surface area (Å²) >= 11 is 0. The van der Waals surface area contributed by atoms with Crippen molar-refractivity contribution in [3.63, 3.8) is 0 Å². The zero-order chi connectivity index (χ0) is 40.8. The highest BCUT2D eigenvalue weighted by molar-refractivity contribution is 5.82. The highest BCUT2D eigenvalue weighted by atomic mass is 16.5. The maximum atomic E-state index is 6.17. The third kappa shape index (κ3) is 9.76. The average Bonchev–Trinajstić information content (AvgIpc) is 3.22. The molecule has 18 N–H and O–H groups in total. The average molecular weight is 783 g/mol. The molecule has 11 heteroatoms. The van der Waals surface area contributed by atoms with E-state index >= 15 is 0 Å². The van der Waals surface area contributed by atoms with E-state index in [9.17, 15) is 0 Å². The summed E-state index contributed by atoms with van der Waals surface area (Å²) in [6, 6.07) is 52.7. The second-order valence-corrected chi connectivity index (χ2v) is 13.7. The fraction of sp³-hybridized carbons (Fsp3) is 0. The predicted octanol–water partition coefficient (Wildman–Crippen LogP) is 9.46. The first-order valence-corrected chi connectivity index (χ1v) is 18.4. The molecule has 296 valence electrons. The van der Waals surface area contributed by atoms with Crippen molar-refractivity contribution in [1.82, 2.24) is 0 Å². The standard InChI is InChI=1S/2C24H22N4O.H2O/c2*25-17-5-1-15(2-6-17)21-13-19(9-11-23(21)27)29-20-10-12-24(28)22(14-20)16-3-7-18(26)8-4-16;/h2*1-14H,25-28H2;1H2. The van der Waals surface area contributed by atoms with Crippen molar-refractivity contribution in [2.45, 2.75) is 0 Å². The second-order valence-electron chi connectivity index (χ2n) is 13.7. The summed E-state index contributed by atoms with van der Waals surface area (Å²) in [4.78, 5) is 0. The summed E-state index contributed by atoms with van der Waals surface area (Å²) in [5.74, 6) is 2.72. The van der Waals surface area contributed by atoms with Gasteiger partial charge in [0.15, 0.2) is 0 Å². The van der Waals surface area contributed by atoms with Crippen molar-refractivity contribution in [2.75, 3.05) is 45.9 Å². The fourth-order valence-electron chi connectivity index (χ4n) is 6.32. The monoisotopic (exact) mass is 782 g/mol. The number of anilines is 8. The summed E-state index contributed by atoms with van der Waals surface area (Å²) in [6.45, 7) is 0. The van der Waals surface area contributed by atoms with Crippen LogP contribution in [0.25, 0.3) is 44.5 Å². The Labute approximate surface area is 342 Å². The SMILES string of the molecule is Nc1ccc(-c2cc(Oc3ccc(N)c(-c4ccc(N)cc4)c3)ccc2N)cc1.Nc1ccc(-c2cc(Oc3ccc(N)c(-c4ccc(N)cc4)c3)ccc2N)cc1.O. The Morgan fingerprint density at radius 1 is 0.237 bits per heavy atom. The summed E-state index contributed by atoms with van der Waals surface area (Å²) in [6.07, 6.45) is 0. The lowest BCUT2D eigenvalue weighted by atomic mass is 10.0. The molecular weight excluding hydrogens is 737 g/mol. The molecule has 8 aromatic carbocycles. The van der Waals surface area contributed by atoms with E-state index in [4.69, 9.17) is 55.3 Å². The molecule has 0 fully saturated rings. The van der Waals surface area contributed by atoms with Crippen LogP contribution in [-0.2, 0) is 0 Å². The van der Waals surface area contributed by atoms with E-state index in [0.29, 0.717) is 68.5 Å². The third-order valence-electron chi connectivity index (χ3n) is 9.46. The van der Waals surface area contributed by atoms with Gasteiger partial charge in [0.2, 0.25) is 0 Å². The Kier molecular flexibility index (Phi) is 12.1. The lowest BCUT2D eigenvalue weighted by Gasteiger charge is -2.13. The van der Waals surface area contributed by atoms with Gasteiger partial charge in [-0.3, -0.25) is 0 Å². The maximum Gasteiger partial charge on any atom is 0.128 e. The summed E-state index contributed by atoms with van der Waals surface area (Å²) in [5.41, 5.74) is 60.8. The molecular formula is C48H46N8O3. The molecule has 0 heterocycles. The van der Waals surface area contributed by atoms with Gasteiger partial charge in [0.05, 0.1) is 0 Å². The van der Waals surface area contributed by atoms with E-state index < -0.39 is 0 Å². The molecule has 0 spiro atoms. The van der Waals surface area contributed by atoms with Crippen molar-refractivity contribution in [2.24, 2.45) is 0 Å². The minimum Gasteiger partial charge on any atom is -0.457 e. The molecule has 8 rings (SSSR count). The van der Waals surface area contributed by atoms with Crippen LogP contribution in [0.1, 0.15) is 0 Å². The van der Waals surface area contributed by atoms with Crippen LogP contribution in [0.3, 0.4) is 0 Å².